The average Bonchev–Trinajstić information content (AvgIpc) is 2.21. The highest BCUT2D eigenvalue weighted by molar-refractivity contribution is 5.97. The van der Waals surface area contributed by atoms with Gasteiger partial charge in [0.25, 0.3) is 5.91 Å². The molecule has 1 rings (SSSR count). The number of benzene rings is 1. The number of amides is 1. The summed E-state index contributed by atoms with van der Waals surface area (Å²) in [6, 6.07) is 4.45. The van der Waals surface area contributed by atoms with Crippen molar-refractivity contribution in [3.8, 4) is 5.75 Å². The molecule has 4 nitrogen and oxygen atoms in total. The van der Waals surface area contributed by atoms with Crippen molar-refractivity contribution in [1.82, 2.24) is 5.32 Å². The Hall–Kier alpha value is -1.71. The maximum atomic E-state index is 11.7. The zero-order valence-electron chi connectivity index (χ0n) is 9.66. The summed E-state index contributed by atoms with van der Waals surface area (Å²) in [5, 5.41) is 12.2. The number of hydrogen-bond acceptors (Lipinski definition) is 3. The predicted molar refractivity (Wildman–Crippen MR) is 64.3 cm³/mol. The topological polar surface area (TPSA) is 75.4 Å². The van der Waals surface area contributed by atoms with Crippen LogP contribution in [0.15, 0.2) is 18.2 Å². The summed E-state index contributed by atoms with van der Waals surface area (Å²) >= 11 is 0. The van der Waals surface area contributed by atoms with Crippen LogP contribution in [0.25, 0.3) is 0 Å². The van der Waals surface area contributed by atoms with E-state index in [1.165, 1.54) is 12.1 Å². The third-order valence-electron chi connectivity index (χ3n) is 2.27. The van der Waals surface area contributed by atoms with E-state index in [0.29, 0.717) is 18.2 Å². The number of rotatable bonds is 4. The molecule has 88 valence electrons. The van der Waals surface area contributed by atoms with Crippen LogP contribution >= 0.6 is 0 Å². The Labute approximate surface area is 95.5 Å². The van der Waals surface area contributed by atoms with E-state index in [0.717, 1.165) is 6.42 Å². The molecule has 0 saturated heterocycles. The molecule has 0 unspecified atom stereocenters. The maximum Gasteiger partial charge on any atom is 0.255 e. The second-order valence-corrected chi connectivity index (χ2v) is 4.22. The fourth-order valence-corrected chi connectivity index (χ4v) is 1.31. The molecule has 4 heteroatoms. The number of carbonyl (C=O) groups excluding carboxylic acids is 1. The van der Waals surface area contributed by atoms with Gasteiger partial charge in [-0.05, 0) is 30.5 Å². The van der Waals surface area contributed by atoms with E-state index in [4.69, 9.17) is 5.73 Å². The van der Waals surface area contributed by atoms with Gasteiger partial charge >= 0.3 is 0 Å². The first-order valence-corrected chi connectivity index (χ1v) is 5.37. The molecule has 1 aromatic carbocycles. The molecule has 0 bridgehead atoms. The van der Waals surface area contributed by atoms with E-state index >= 15 is 0 Å². The van der Waals surface area contributed by atoms with Gasteiger partial charge < -0.3 is 16.2 Å². The number of nitrogens with two attached hydrogens (primary N) is 1. The van der Waals surface area contributed by atoms with E-state index in [-0.39, 0.29) is 17.2 Å². The van der Waals surface area contributed by atoms with Gasteiger partial charge in [-0.15, -0.1) is 0 Å². The number of phenolic OH excluding ortho intramolecular Hbond substituents is 1. The quantitative estimate of drug-likeness (QED) is 0.536. The molecule has 0 aliphatic rings. The Kier molecular flexibility index (Phi) is 4.17. The highest BCUT2D eigenvalue weighted by Crippen LogP contribution is 2.19. The lowest BCUT2D eigenvalue weighted by molar-refractivity contribution is 0.0949. The molecular weight excluding hydrogens is 204 g/mol. The largest absolute Gasteiger partial charge is 0.507 e. The molecule has 0 aromatic heterocycles. The normalized spacial score (nSPS) is 10.4. The SMILES string of the molecule is CC(C)CCNC(=O)c1cc(N)ccc1O. The highest BCUT2D eigenvalue weighted by atomic mass is 16.3. The van der Waals surface area contributed by atoms with E-state index in [9.17, 15) is 9.90 Å². The summed E-state index contributed by atoms with van der Waals surface area (Å²) in [5.74, 6) is 0.205. The Morgan fingerprint density at radius 2 is 2.19 bits per heavy atom. The molecule has 1 amide bonds. The average molecular weight is 222 g/mol. The van der Waals surface area contributed by atoms with Gasteiger partial charge in [-0.2, -0.15) is 0 Å². The molecule has 0 saturated carbocycles. The van der Waals surface area contributed by atoms with Crippen LogP contribution < -0.4 is 11.1 Å². The number of nitrogens with one attached hydrogen (secondary N) is 1. The van der Waals surface area contributed by atoms with Crippen LogP contribution in [0.2, 0.25) is 0 Å². The van der Waals surface area contributed by atoms with Gasteiger partial charge in [0.2, 0.25) is 0 Å². The number of anilines is 1. The molecule has 0 aliphatic carbocycles. The van der Waals surface area contributed by atoms with Gasteiger partial charge in [-0.25, -0.2) is 0 Å². The van der Waals surface area contributed by atoms with E-state index in [2.05, 4.69) is 19.2 Å². The molecule has 0 spiro atoms. The second kappa shape index (κ2) is 5.39. The van der Waals surface area contributed by atoms with Crippen molar-refractivity contribution in [3.05, 3.63) is 23.8 Å². The Balaban J connectivity index is 2.62. The number of aromatic hydroxyl groups is 1. The Morgan fingerprint density at radius 1 is 1.50 bits per heavy atom. The summed E-state index contributed by atoms with van der Waals surface area (Å²) in [6.07, 6.45) is 0.912. The molecule has 0 aliphatic heterocycles. The highest BCUT2D eigenvalue weighted by Gasteiger charge is 2.10. The van der Waals surface area contributed by atoms with Crippen molar-refractivity contribution in [1.29, 1.82) is 0 Å². The van der Waals surface area contributed by atoms with Gasteiger partial charge in [-0.3, -0.25) is 4.79 Å². The Morgan fingerprint density at radius 3 is 2.81 bits per heavy atom. The third-order valence-corrected chi connectivity index (χ3v) is 2.27. The molecule has 0 radical (unpaired) electrons. The minimum Gasteiger partial charge on any atom is -0.507 e. The van der Waals surface area contributed by atoms with Gasteiger partial charge in [0, 0.05) is 12.2 Å². The third kappa shape index (κ3) is 3.46. The molecular formula is C12H18N2O2. The van der Waals surface area contributed by atoms with Crippen molar-refractivity contribution in [2.75, 3.05) is 12.3 Å². The molecule has 1 aromatic rings. The van der Waals surface area contributed by atoms with Crippen molar-refractivity contribution < 1.29 is 9.90 Å². The number of carbonyl (C=O) groups is 1. The first-order chi connectivity index (χ1) is 7.50. The van der Waals surface area contributed by atoms with Crippen LogP contribution in [0.3, 0.4) is 0 Å². The fraction of sp³-hybridized carbons (Fsp3) is 0.417. The van der Waals surface area contributed by atoms with Gasteiger partial charge in [0.1, 0.15) is 5.75 Å². The van der Waals surface area contributed by atoms with Crippen LogP contribution in [-0.2, 0) is 0 Å². The van der Waals surface area contributed by atoms with Crippen molar-refractivity contribution in [3.63, 3.8) is 0 Å². The summed E-state index contributed by atoms with van der Waals surface area (Å²) in [5.41, 5.74) is 6.24. The lowest BCUT2D eigenvalue weighted by atomic mass is 10.1. The van der Waals surface area contributed by atoms with Crippen LogP contribution in [0.5, 0.6) is 5.75 Å². The van der Waals surface area contributed by atoms with E-state index in [1.54, 1.807) is 6.07 Å². The van der Waals surface area contributed by atoms with Crippen LogP contribution in [0, 0.1) is 5.92 Å². The number of nitrogen functional groups attached to an aromatic ring is 1. The minimum absolute atomic E-state index is 0.0451. The number of hydrogen-bond donors (Lipinski definition) is 3. The first-order valence-electron chi connectivity index (χ1n) is 5.37. The second-order valence-electron chi connectivity index (χ2n) is 4.22. The van der Waals surface area contributed by atoms with E-state index < -0.39 is 0 Å². The smallest absolute Gasteiger partial charge is 0.255 e. The molecule has 0 atom stereocenters. The van der Waals surface area contributed by atoms with Crippen LogP contribution in [0.4, 0.5) is 5.69 Å². The van der Waals surface area contributed by atoms with Crippen molar-refractivity contribution >= 4 is 11.6 Å². The lowest BCUT2D eigenvalue weighted by Gasteiger charge is -2.08. The zero-order chi connectivity index (χ0) is 12.1. The van der Waals surface area contributed by atoms with Gasteiger partial charge in [0.05, 0.1) is 5.56 Å². The standard InChI is InChI=1S/C12H18N2O2/c1-8(2)5-6-14-12(16)10-7-9(13)3-4-11(10)15/h3-4,7-8,15H,5-6,13H2,1-2H3,(H,14,16). The van der Waals surface area contributed by atoms with E-state index in [1.807, 2.05) is 0 Å². The van der Waals surface area contributed by atoms with Gasteiger partial charge in [-0.1, -0.05) is 13.8 Å². The molecule has 0 heterocycles. The Bertz CT molecular complexity index is 375. The predicted octanol–water partition coefficient (Wildman–Crippen LogP) is 1.75. The summed E-state index contributed by atoms with van der Waals surface area (Å²) in [6.45, 7) is 4.78. The summed E-state index contributed by atoms with van der Waals surface area (Å²) < 4.78 is 0. The minimum atomic E-state index is -0.287. The maximum absolute atomic E-state index is 11.7. The van der Waals surface area contributed by atoms with Crippen LogP contribution in [-0.4, -0.2) is 17.6 Å². The molecule has 0 fully saturated rings. The number of phenols is 1. The zero-order valence-corrected chi connectivity index (χ0v) is 9.66. The lowest BCUT2D eigenvalue weighted by Crippen LogP contribution is -2.25. The van der Waals surface area contributed by atoms with Crippen LogP contribution in [0.1, 0.15) is 30.6 Å². The fourth-order valence-electron chi connectivity index (χ4n) is 1.31. The molecule has 4 N–H and O–H groups in total. The first kappa shape index (κ1) is 12.4. The van der Waals surface area contributed by atoms with Crippen molar-refractivity contribution in [2.24, 2.45) is 5.92 Å². The van der Waals surface area contributed by atoms with Gasteiger partial charge in [0.15, 0.2) is 0 Å². The molecule has 16 heavy (non-hydrogen) atoms. The monoisotopic (exact) mass is 222 g/mol. The van der Waals surface area contributed by atoms with Crippen molar-refractivity contribution in [2.45, 2.75) is 20.3 Å². The summed E-state index contributed by atoms with van der Waals surface area (Å²) in [7, 11) is 0. The summed E-state index contributed by atoms with van der Waals surface area (Å²) in [4.78, 5) is 11.7.